The Morgan fingerprint density at radius 1 is 1.04 bits per heavy atom. The van der Waals surface area contributed by atoms with Crippen molar-refractivity contribution in [3.8, 4) is 0 Å². The number of nitrogens with one attached hydrogen (secondary N) is 1. The summed E-state index contributed by atoms with van der Waals surface area (Å²) in [6.45, 7) is 3.74. The summed E-state index contributed by atoms with van der Waals surface area (Å²) in [7, 11) is 0. The monoisotopic (exact) mass is 354 g/mol. The molecule has 1 N–H and O–H groups in total. The van der Waals surface area contributed by atoms with E-state index >= 15 is 0 Å². The molecule has 2 aromatic carbocycles. The molecular formula is C19H18N2O3S. The second-order valence-electron chi connectivity index (χ2n) is 5.90. The Labute approximate surface area is 150 Å². The topological polar surface area (TPSA) is 66.5 Å². The Morgan fingerprint density at radius 2 is 1.68 bits per heavy atom. The Hall–Kier alpha value is -2.60. The Balaban J connectivity index is 1.71. The highest BCUT2D eigenvalue weighted by molar-refractivity contribution is 8.15. The summed E-state index contributed by atoms with van der Waals surface area (Å²) in [5, 5.41) is 1.77. The van der Waals surface area contributed by atoms with Gasteiger partial charge in [0.25, 0.3) is 5.24 Å². The number of aryl methyl sites for hydroxylation is 2. The fourth-order valence-corrected chi connectivity index (χ4v) is 3.68. The van der Waals surface area contributed by atoms with E-state index in [1.165, 1.54) is 4.90 Å². The van der Waals surface area contributed by atoms with Crippen molar-refractivity contribution in [1.82, 2.24) is 0 Å². The summed E-state index contributed by atoms with van der Waals surface area (Å²) in [5.41, 5.74) is 3.07. The second kappa shape index (κ2) is 7.11. The van der Waals surface area contributed by atoms with E-state index in [-0.39, 0.29) is 23.5 Å². The second-order valence-corrected chi connectivity index (χ2v) is 7.05. The van der Waals surface area contributed by atoms with Gasteiger partial charge >= 0.3 is 0 Å². The SMILES string of the molecule is Cc1ccccc1NC(=O)CC1SC(=O)N(c2ccccc2C)C1=O. The normalized spacial score (nSPS) is 17.0. The molecule has 0 aromatic heterocycles. The van der Waals surface area contributed by atoms with E-state index in [1.807, 2.05) is 50.2 Å². The van der Waals surface area contributed by atoms with Crippen LogP contribution in [0.1, 0.15) is 17.5 Å². The van der Waals surface area contributed by atoms with E-state index in [2.05, 4.69) is 5.32 Å². The summed E-state index contributed by atoms with van der Waals surface area (Å²) in [6, 6.07) is 14.6. The number of anilines is 2. The van der Waals surface area contributed by atoms with Gasteiger partial charge in [0.15, 0.2) is 0 Å². The number of hydrogen-bond acceptors (Lipinski definition) is 4. The van der Waals surface area contributed by atoms with E-state index in [0.717, 1.165) is 22.9 Å². The molecular weight excluding hydrogens is 336 g/mol. The molecule has 1 saturated heterocycles. The first-order valence-electron chi connectivity index (χ1n) is 7.93. The molecule has 1 atom stereocenters. The molecule has 0 aliphatic carbocycles. The van der Waals surface area contributed by atoms with Crippen LogP contribution >= 0.6 is 11.8 Å². The highest BCUT2D eigenvalue weighted by Crippen LogP contribution is 2.35. The fourth-order valence-electron chi connectivity index (χ4n) is 2.70. The smallest absolute Gasteiger partial charge is 0.293 e. The van der Waals surface area contributed by atoms with E-state index in [9.17, 15) is 14.4 Å². The molecule has 6 heteroatoms. The number of nitrogens with zero attached hydrogens (tertiary/aromatic N) is 1. The zero-order chi connectivity index (χ0) is 18.0. The standard InChI is InChI=1S/C19H18N2O3S/c1-12-7-3-5-9-14(12)20-17(22)11-16-18(23)21(19(24)25-16)15-10-6-4-8-13(15)2/h3-10,16H,11H2,1-2H3,(H,20,22). The molecule has 0 saturated carbocycles. The molecule has 3 amide bonds. The molecule has 25 heavy (non-hydrogen) atoms. The van der Waals surface area contributed by atoms with Crippen LogP contribution in [0, 0.1) is 13.8 Å². The number of hydrogen-bond donors (Lipinski definition) is 1. The number of rotatable bonds is 4. The van der Waals surface area contributed by atoms with Crippen molar-refractivity contribution >= 4 is 40.2 Å². The van der Waals surface area contributed by atoms with Crippen molar-refractivity contribution in [1.29, 1.82) is 0 Å². The van der Waals surface area contributed by atoms with Crippen LogP contribution < -0.4 is 10.2 Å². The number of carbonyl (C=O) groups is 3. The minimum absolute atomic E-state index is 0.0358. The van der Waals surface area contributed by atoms with Crippen molar-refractivity contribution in [2.45, 2.75) is 25.5 Å². The van der Waals surface area contributed by atoms with Gasteiger partial charge in [-0.3, -0.25) is 14.4 Å². The maximum Gasteiger partial charge on any atom is 0.293 e. The van der Waals surface area contributed by atoms with E-state index in [4.69, 9.17) is 0 Å². The van der Waals surface area contributed by atoms with E-state index < -0.39 is 5.25 Å². The number of carbonyl (C=O) groups excluding carboxylic acids is 3. The van der Waals surface area contributed by atoms with Crippen LogP contribution in [0.3, 0.4) is 0 Å². The van der Waals surface area contributed by atoms with Crippen LogP contribution in [0.2, 0.25) is 0 Å². The highest BCUT2D eigenvalue weighted by Gasteiger charge is 2.42. The molecule has 1 fully saturated rings. The number of para-hydroxylation sites is 2. The predicted octanol–water partition coefficient (Wildman–Crippen LogP) is 3.90. The van der Waals surface area contributed by atoms with Gasteiger partial charge in [-0.05, 0) is 48.9 Å². The summed E-state index contributed by atoms with van der Waals surface area (Å²) < 4.78 is 0. The maximum atomic E-state index is 12.6. The van der Waals surface area contributed by atoms with Gasteiger partial charge in [0, 0.05) is 12.1 Å². The lowest BCUT2D eigenvalue weighted by Gasteiger charge is -2.16. The minimum atomic E-state index is -0.698. The zero-order valence-electron chi connectivity index (χ0n) is 14.0. The van der Waals surface area contributed by atoms with Crippen molar-refractivity contribution in [2.24, 2.45) is 0 Å². The number of thioether (sulfide) groups is 1. The summed E-state index contributed by atoms with van der Waals surface area (Å²) >= 11 is 0.905. The fraction of sp³-hybridized carbons (Fsp3) is 0.211. The molecule has 1 aliphatic heterocycles. The van der Waals surface area contributed by atoms with Crippen LogP contribution in [0.15, 0.2) is 48.5 Å². The zero-order valence-corrected chi connectivity index (χ0v) is 14.8. The summed E-state index contributed by atoms with van der Waals surface area (Å²) in [4.78, 5) is 38.4. The molecule has 1 unspecified atom stereocenters. The average molecular weight is 354 g/mol. The quantitative estimate of drug-likeness (QED) is 0.904. The summed E-state index contributed by atoms with van der Waals surface area (Å²) in [5.74, 6) is -0.621. The van der Waals surface area contributed by atoms with Crippen LogP contribution in [0.5, 0.6) is 0 Å². The number of benzene rings is 2. The first-order chi connectivity index (χ1) is 12.0. The van der Waals surface area contributed by atoms with Crippen LogP contribution in [0.25, 0.3) is 0 Å². The van der Waals surface area contributed by atoms with Gasteiger partial charge in [-0.15, -0.1) is 0 Å². The molecule has 3 rings (SSSR count). The lowest BCUT2D eigenvalue weighted by Crippen LogP contribution is -2.33. The molecule has 0 radical (unpaired) electrons. The molecule has 5 nitrogen and oxygen atoms in total. The third-order valence-electron chi connectivity index (χ3n) is 4.07. The van der Waals surface area contributed by atoms with Gasteiger partial charge in [-0.1, -0.05) is 36.4 Å². The van der Waals surface area contributed by atoms with Crippen LogP contribution in [0.4, 0.5) is 16.2 Å². The van der Waals surface area contributed by atoms with Gasteiger partial charge in [0.2, 0.25) is 11.8 Å². The molecule has 128 valence electrons. The molecule has 2 aromatic rings. The molecule has 0 spiro atoms. The third kappa shape index (κ3) is 3.58. The van der Waals surface area contributed by atoms with Crippen LogP contribution in [-0.4, -0.2) is 22.3 Å². The highest BCUT2D eigenvalue weighted by atomic mass is 32.2. The third-order valence-corrected chi connectivity index (χ3v) is 5.10. The van der Waals surface area contributed by atoms with Gasteiger partial charge in [0.1, 0.15) is 5.25 Å². The van der Waals surface area contributed by atoms with E-state index in [0.29, 0.717) is 11.4 Å². The minimum Gasteiger partial charge on any atom is -0.326 e. The molecule has 1 heterocycles. The lowest BCUT2D eigenvalue weighted by molar-refractivity contribution is -0.121. The van der Waals surface area contributed by atoms with Crippen molar-refractivity contribution in [2.75, 3.05) is 10.2 Å². The van der Waals surface area contributed by atoms with Gasteiger partial charge in [-0.25, -0.2) is 4.90 Å². The first-order valence-corrected chi connectivity index (χ1v) is 8.81. The maximum absolute atomic E-state index is 12.6. The van der Waals surface area contributed by atoms with Gasteiger partial charge < -0.3 is 5.32 Å². The Bertz CT molecular complexity index is 850. The number of amides is 3. The average Bonchev–Trinajstić information content (AvgIpc) is 2.84. The predicted molar refractivity (Wildman–Crippen MR) is 99.9 cm³/mol. The van der Waals surface area contributed by atoms with Gasteiger partial charge in [-0.2, -0.15) is 0 Å². The largest absolute Gasteiger partial charge is 0.326 e. The number of imide groups is 1. The van der Waals surface area contributed by atoms with Crippen molar-refractivity contribution < 1.29 is 14.4 Å². The van der Waals surface area contributed by atoms with E-state index in [1.54, 1.807) is 12.1 Å². The Morgan fingerprint density at radius 3 is 2.36 bits per heavy atom. The Kier molecular flexibility index (Phi) is 4.90. The van der Waals surface area contributed by atoms with Crippen LogP contribution in [-0.2, 0) is 9.59 Å². The summed E-state index contributed by atoms with van der Waals surface area (Å²) in [6.07, 6.45) is -0.0358. The first kappa shape index (κ1) is 17.2. The van der Waals surface area contributed by atoms with Crippen molar-refractivity contribution in [3.63, 3.8) is 0 Å². The van der Waals surface area contributed by atoms with Gasteiger partial charge in [0.05, 0.1) is 5.69 Å². The molecule has 1 aliphatic rings. The van der Waals surface area contributed by atoms with Crippen molar-refractivity contribution in [3.05, 3.63) is 59.7 Å². The lowest BCUT2D eigenvalue weighted by atomic mass is 10.1. The molecule has 0 bridgehead atoms.